The van der Waals surface area contributed by atoms with Crippen LogP contribution in [0.3, 0.4) is 0 Å². The normalized spacial score (nSPS) is 13.7. The Hall–Kier alpha value is -1.93. The summed E-state index contributed by atoms with van der Waals surface area (Å²) in [5, 5.41) is 9.36. The van der Waals surface area contributed by atoms with Gasteiger partial charge in [0.15, 0.2) is 0 Å². The molecule has 0 spiro atoms. The second kappa shape index (κ2) is 5.82. The van der Waals surface area contributed by atoms with Crippen LogP contribution in [0.25, 0.3) is 11.0 Å². The first-order chi connectivity index (χ1) is 9.87. The van der Waals surface area contributed by atoms with Crippen molar-refractivity contribution in [2.45, 2.75) is 31.2 Å². The van der Waals surface area contributed by atoms with E-state index in [1.165, 1.54) is 10.5 Å². The Morgan fingerprint density at radius 3 is 2.86 bits per heavy atom. The van der Waals surface area contributed by atoms with Crippen LogP contribution >= 0.6 is 0 Å². The van der Waals surface area contributed by atoms with Gasteiger partial charge in [-0.2, -0.15) is 4.31 Å². The van der Waals surface area contributed by atoms with Gasteiger partial charge in [0, 0.05) is 30.4 Å². The lowest BCUT2D eigenvalue weighted by molar-refractivity contribution is -0.137. The maximum atomic E-state index is 12.7. The molecule has 2 aromatic heterocycles. The van der Waals surface area contributed by atoms with Crippen molar-refractivity contribution in [3.8, 4) is 0 Å². The summed E-state index contributed by atoms with van der Waals surface area (Å²) in [6.07, 6.45) is 2.72. The van der Waals surface area contributed by atoms with Crippen LogP contribution in [0, 0.1) is 0 Å². The lowest BCUT2D eigenvalue weighted by Gasteiger charge is -2.25. The van der Waals surface area contributed by atoms with Crippen molar-refractivity contribution in [1.82, 2.24) is 14.3 Å². The zero-order valence-corrected chi connectivity index (χ0v) is 12.6. The summed E-state index contributed by atoms with van der Waals surface area (Å²) in [4.78, 5) is 17.8. The minimum absolute atomic E-state index is 0.115. The average molecular weight is 311 g/mol. The number of sulfonamides is 1. The highest BCUT2D eigenvalue weighted by molar-refractivity contribution is 7.89. The van der Waals surface area contributed by atoms with E-state index in [2.05, 4.69) is 9.97 Å². The molecule has 0 bridgehead atoms. The summed E-state index contributed by atoms with van der Waals surface area (Å²) in [5.41, 5.74) is 0.484. The van der Waals surface area contributed by atoms with E-state index in [1.807, 2.05) is 0 Å². The summed E-state index contributed by atoms with van der Waals surface area (Å²) in [6.45, 7) is 3.47. The molecule has 0 aromatic carbocycles. The number of aromatic nitrogens is 2. The fraction of sp³-hybridized carbons (Fsp3) is 0.385. The highest BCUT2D eigenvalue weighted by Crippen LogP contribution is 2.26. The third-order valence-corrected chi connectivity index (χ3v) is 5.40. The summed E-state index contributed by atoms with van der Waals surface area (Å²) in [6, 6.07) is 2.70. The van der Waals surface area contributed by atoms with Gasteiger partial charge < -0.3 is 10.1 Å². The van der Waals surface area contributed by atoms with Crippen LogP contribution < -0.4 is 0 Å². The molecule has 0 saturated carbocycles. The van der Waals surface area contributed by atoms with Gasteiger partial charge in [-0.1, -0.05) is 6.92 Å². The molecule has 0 aliphatic heterocycles. The molecule has 2 aromatic rings. The van der Waals surface area contributed by atoms with E-state index in [0.717, 1.165) is 0 Å². The van der Waals surface area contributed by atoms with Crippen LogP contribution in [0.2, 0.25) is 0 Å². The molecule has 2 heterocycles. The number of H-pyrrole nitrogens is 1. The number of carboxylic acid groups (broad SMARTS) is 1. The van der Waals surface area contributed by atoms with Crippen molar-refractivity contribution in [3.05, 3.63) is 24.5 Å². The fourth-order valence-corrected chi connectivity index (χ4v) is 4.13. The maximum absolute atomic E-state index is 12.7. The van der Waals surface area contributed by atoms with Crippen LogP contribution in [0.1, 0.15) is 20.3 Å². The Kier molecular flexibility index (Phi) is 4.29. The molecular formula is C13H17N3O4S. The predicted octanol–water partition coefficient (Wildman–Crippen LogP) is 1.44. The zero-order chi connectivity index (χ0) is 15.6. The highest BCUT2D eigenvalue weighted by atomic mass is 32.2. The van der Waals surface area contributed by atoms with Crippen LogP contribution in [0.15, 0.2) is 29.4 Å². The fourth-order valence-electron chi connectivity index (χ4n) is 2.34. The van der Waals surface area contributed by atoms with Gasteiger partial charge in [0.1, 0.15) is 10.5 Å². The van der Waals surface area contributed by atoms with E-state index >= 15 is 0 Å². The van der Waals surface area contributed by atoms with Gasteiger partial charge in [0.2, 0.25) is 10.0 Å². The number of aliphatic carboxylic acids is 1. The van der Waals surface area contributed by atoms with E-state index < -0.39 is 22.0 Å². The Labute approximate surface area is 122 Å². The van der Waals surface area contributed by atoms with E-state index in [-0.39, 0.29) is 17.9 Å². The molecular weight excluding hydrogens is 294 g/mol. The van der Waals surface area contributed by atoms with Gasteiger partial charge >= 0.3 is 5.97 Å². The molecule has 2 N–H and O–H groups in total. The minimum atomic E-state index is -3.78. The minimum Gasteiger partial charge on any atom is -0.481 e. The highest BCUT2D eigenvalue weighted by Gasteiger charge is 2.31. The molecule has 21 heavy (non-hydrogen) atoms. The van der Waals surface area contributed by atoms with Gasteiger partial charge in [-0.15, -0.1) is 0 Å². The largest absolute Gasteiger partial charge is 0.481 e. The van der Waals surface area contributed by atoms with Gasteiger partial charge in [0.05, 0.1) is 6.42 Å². The van der Waals surface area contributed by atoms with Crippen molar-refractivity contribution >= 4 is 27.0 Å². The summed E-state index contributed by atoms with van der Waals surface area (Å²) in [5.74, 6) is -1.03. The zero-order valence-electron chi connectivity index (χ0n) is 11.8. The van der Waals surface area contributed by atoms with Gasteiger partial charge in [-0.3, -0.25) is 4.79 Å². The number of fused-ring (bicyclic) bond motifs is 1. The van der Waals surface area contributed by atoms with Gasteiger partial charge in [-0.25, -0.2) is 13.4 Å². The maximum Gasteiger partial charge on any atom is 0.304 e. The van der Waals surface area contributed by atoms with Crippen molar-refractivity contribution in [2.24, 2.45) is 0 Å². The third-order valence-electron chi connectivity index (χ3n) is 3.27. The van der Waals surface area contributed by atoms with Crippen molar-refractivity contribution in [2.75, 3.05) is 6.54 Å². The summed E-state index contributed by atoms with van der Waals surface area (Å²) >= 11 is 0. The van der Waals surface area contributed by atoms with E-state index in [4.69, 9.17) is 5.11 Å². The van der Waals surface area contributed by atoms with Crippen molar-refractivity contribution in [3.63, 3.8) is 0 Å². The monoisotopic (exact) mass is 311 g/mol. The molecule has 0 amide bonds. The molecule has 0 aliphatic carbocycles. The van der Waals surface area contributed by atoms with E-state index in [0.29, 0.717) is 11.0 Å². The smallest absolute Gasteiger partial charge is 0.304 e. The summed E-state index contributed by atoms with van der Waals surface area (Å²) in [7, 11) is -3.78. The SMILES string of the molecule is CCN(C(C)CC(=O)O)S(=O)(=O)c1c[nH]c2ncccc12. The lowest BCUT2D eigenvalue weighted by Crippen LogP contribution is -2.39. The van der Waals surface area contributed by atoms with Gasteiger partial charge in [0.25, 0.3) is 0 Å². The first kappa shape index (κ1) is 15.5. The quantitative estimate of drug-likeness (QED) is 0.840. The van der Waals surface area contributed by atoms with Crippen LogP contribution in [-0.4, -0.2) is 46.4 Å². The number of hydrogen-bond donors (Lipinski definition) is 2. The molecule has 0 saturated heterocycles. The molecule has 0 aliphatic rings. The van der Waals surface area contributed by atoms with Crippen LogP contribution in [-0.2, 0) is 14.8 Å². The van der Waals surface area contributed by atoms with E-state index in [1.54, 1.807) is 32.2 Å². The summed E-state index contributed by atoms with van der Waals surface area (Å²) < 4.78 is 26.7. The molecule has 1 unspecified atom stereocenters. The number of nitrogens with zero attached hydrogens (tertiary/aromatic N) is 2. The second-order valence-corrected chi connectivity index (χ2v) is 6.57. The van der Waals surface area contributed by atoms with Crippen LogP contribution in [0.5, 0.6) is 0 Å². The Bertz CT molecular complexity index is 754. The van der Waals surface area contributed by atoms with Crippen LogP contribution in [0.4, 0.5) is 0 Å². The van der Waals surface area contributed by atoms with Crippen molar-refractivity contribution < 1.29 is 18.3 Å². The molecule has 1 atom stereocenters. The number of rotatable bonds is 6. The number of carboxylic acids is 1. The Morgan fingerprint density at radius 2 is 2.24 bits per heavy atom. The van der Waals surface area contributed by atoms with Gasteiger partial charge in [-0.05, 0) is 19.1 Å². The average Bonchev–Trinajstić information content (AvgIpc) is 2.82. The standard InChI is InChI=1S/C13H17N3O4S/c1-3-16(9(2)7-12(17)18)21(19,20)11-8-15-13-10(11)5-4-6-14-13/h4-6,8-9H,3,7H2,1-2H3,(H,14,15)(H,17,18). The number of aromatic amines is 1. The Morgan fingerprint density at radius 1 is 1.52 bits per heavy atom. The first-order valence-electron chi connectivity index (χ1n) is 6.53. The Balaban J connectivity index is 2.46. The number of hydrogen-bond acceptors (Lipinski definition) is 4. The number of pyridine rings is 1. The number of nitrogens with one attached hydrogen (secondary N) is 1. The predicted molar refractivity (Wildman–Crippen MR) is 77.4 cm³/mol. The lowest BCUT2D eigenvalue weighted by atomic mass is 10.2. The number of carbonyl (C=O) groups is 1. The molecule has 7 nitrogen and oxygen atoms in total. The topological polar surface area (TPSA) is 103 Å². The molecule has 0 fully saturated rings. The first-order valence-corrected chi connectivity index (χ1v) is 7.97. The molecule has 114 valence electrons. The molecule has 8 heteroatoms. The van der Waals surface area contributed by atoms with E-state index in [9.17, 15) is 13.2 Å². The molecule has 2 rings (SSSR count). The molecule has 0 radical (unpaired) electrons. The second-order valence-electron chi connectivity index (χ2n) is 4.71. The third kappa shape index (κ3) is 2.91. The van der Waals surface area contributed by atoms with Crippen molar-refractivity contribution in [1.29, 1.82) is 0 Å².